The van der Waals surface area contributed by atoms with E-state index in [1.54, 1.807) is 6.20 Å². The normalized spacial score (nSPS) is 19.9. The molecule has 0 spiro atoms. The number of rotatable bonds is 3. The number of hydrogen-bond donors (Lipinski definition) is 1. The molecule has 106 valence electrons. The molecule has 0 unspecified atom stereocenters. The zero-order valence-electron chi connectivity index (χ0n) is 12.7. The molecule has 0 saturated carbocycles. The maximum Gasteiger partial charge on any atom is 0.514 e. The second kappa shape index (κ2) is 5.17. The van der Waals surface area contributed by atoms with Crippen LogP contribution in [-0.4, -0.2) is 30.4 Å². The molecule has 1 fully saturated rings. The van der Waals surface area contributed by atoms with Gasteiger partial charge in [0.25, 0.3) is 0 Å². The molecule has 1 saturated heterocycles. The molecule has 0 aliphatic carbocycles. The minimum Gasteiger partial charge on any atom is -0.398 e. The van der Waals surface area contributed by atoms with Crippen LogP contribution in [0.4, 0.5) is 0 Å². The van der Waals surface area contributed by atoms with Gasteiger partial charge in [0.05, 0.1) is 22.4 Å². The zero-order chi connectivity index (χ0) is 15.0. The van der Waals surface area contributed by atoms with Gasteiger partial charge in [-0.15, -0.1) is 0 Å². The molecule has 0 bridgehead atoms. The third kappa shape index (κ3) is 2.57. The molecule has 0 aromatic carbocycles. The summed E-state index contributed by atoms with van der Waals surface area (Å²) in [5, 5.41) is 12.1. The Hall–Kier alpha value is -1.42. The Morgan fingerprint density at radius 1 is 1.30 bits per heavy atom. The average Bonchev–Trinajstić information content (AvgIpc) is 2.58. The number of nitriles is 1. The number of nitrogens with zero attached hydrogens (tertiary/aromatic N) is 2. The van der Waals surface area contributed by atoms with Crippen molar-refractivity contribution >= 4 is 12.7 Å². The van der Waals surface area contributed by atoms with Crippen LogP contribution in [0.5, 0.6) is 0 Å². The molecule has 0 atom stereocenters. The van der Waals surface area contributed by atoms with Crippen molar-refractivity contribution in [2.75, 3.05) is 7.05 Å². The van der Waals surface area contributed by atoms with E-state index in [1.807, 2.05) is 40.8 Å². The van der Waals surface area contributed by atoms with E-state index in [2.05, 4.69) is 16.4 Å². The van der Waals surface area contributed by atoms with Crippen LogP contribution in [0.2, 0.25) is 0 Å². The molecule has 1 aromatic heterocycles. The van der Waals surface area contributed by atoms with E-state index in [0.717, 1.165) is 11.2 Å². The van der Waals surface area contributed by atoms with Crippen molar-refractivity contribution in [3.63, 3.8) is 0 Å². The number of aromatic nitrogens is 1. The van der Waals surface area contributed by atoms with Crippen LogP contribution in [0.3, 0.4) is 0 Å². The van der Waals surface area contributed by atoms with Crippen molar-refractivity contribution in [2.24, 2.45) is 0 Å². The predicted molar refractivity (Wildman–Crippen MR) is 77.4 cm³/mol. The van der Waals surface area contributed by atoms with Gasteiger partial charge in [-0.1, -0.05) is 0 Å². The summed E-state index contributed by atoms with van der Waals surface area (Å²) in [6, 6.07) is 3.93. The number of hydrogen-bond acceptors (Lipinski definition) is 5. The molecular weight excluding hydrogens is 253 g/mol. The van der Waals surface area contributed by atoms with Gasteiger partial charge in [-0.2, -0.15) is 5.26 Å². The lowest BCUT2D eigenvalue weighted by atomic mass is 9.80. The molecule has 0 amide bonds. The standard InChI is InChI=1S/C14H20BN3O2/c1-13(2)14(3,4)20-15(19-13)12-11(9-17-5)6-10(7-16)8-18-12/h6,8,17H,9H2,1-5H3. The fourth-order valence-corrected chi connectivity index (χ4v) is 2.08. The Bertz CT molecular complexity index is 536. The molecule has 6 heteroatoms. The van der Waals surface area contributed by atoms with E-state index in [-0.39, 0.29) is 0 Å². The largest absolute Gasteiger partial charge is 0.514 e. The predicted octanol–water partition coefficient (Wildman–Crippen LogP) is 0.972. The van der Waals surface area contributed by atoms with Gasteiger partial charge < -0.3 is 14.6 Å². The van der Waals surface area contributed by atoms with Crippen molar-refractivity contribution in [2.45, 2.75) is 45.4 Å². The lowest BCUT2D eigenvalue weighted by molar-refractivity contribution is 0.00578. The van der Waals surface area contributed by atoms with Gasteiger partial charge in [-0.3, -0.25) is 4.98 Å². The summed E-state index contributed by atoms with van der Waals surface area (Å²) in [6.07, 6.45) is 1.56. The molecule has 1 aliphatic heterocycles. The summed E-state index contributed by atoms with van der Waals surface area (Å²) < 4.78 is 12.0. The second-order valence-corrected chi connectivity index (χ2v) is 6.00. The van der Waals surface area contributed by atoms with Crippen molar-refractivity contribution in [3.8, 4) is 6.07 Å². The van der Waals surface area contributed by atoms with Crippen LogP contribution >= 0.6 is 0 Å². The van der Waals surface area contributed by atoms with Gasteiger partial charge in [0.1, 0.15) is 6.07 Å². The maximum absolute atomic E-state index is 8.98. The molecule has 20 heavy (non-hydrogen) atoms. The summed E-state index contributed by atoms with van der Waals surface area (Å²) in [5.74, 6) is 0. The number of nitrogens with one attached hydrogen (secondary N) is 1. The second-order valence-electron chi connectivity index (χ2n) is 6.00. The van der Waals surface area contributed by atoms with Crippen molar-refractivity contribution in [1.29, 1.82) is 5.26 Å². The average molecular weight is 273 g/mol. The lowest BCUT2D eigenvalue weighted by Crippen LogP contribution is -2.41. The van der Waals surface area contributed by atoms with Gasteiger partial charge in [-0.05, 0) is 46.4 Å². The first-order valence-electron chi connectivity index (χ1n) is 6.70. The third-order valence-corrected chi connectivity index (χ3v) is 3.97. The Kier molecular flexibility index (Phi) is 3.87. The lowest BCUT2D eigenvalue weighted by Gasteiger charge is -2.32. The topological polar surface area (TPSA) is 67.2 Å². The van der Waals surface area contributed by atoms with Crippen molar-refractivity contribution < 1.29 is 9.31 Å². The minimum absolute atomic E-state index is 0.399. The van der Waals surface area contributed by atoms with Crippen LogP contribution in [0.15, 0.2) is 12.3 Å². The van der Waals surface area contributed by atoms with E-state index >= 15 is 0 Å². The van der Waals surface area contributed by atoms with Crippen LogP contribution in [0.1, 0.15) is 38.8 Å². The molecule has 2 heterocycles. The highest BCUT2D eigenvalue weighted by atomic mass is 16.7. The Balaban J connectivity index is 2.37. The highest BCUT2D eigenvalue weighted by Gasteiger charge is 2.52. The van der Waals surface area contributed by atoms with Gasteiger partial charge in [-0.25, -0.2) is 0 Å². The molecule has 1 aromatic rings. The van der Waals surface area contributed by atoms with Crippen LogP contribution in [0, 0.1) is 11.3 Å². The quantitative estimate of drug-likeness (QED) is 0.831. The molecule has 0 radical (unpaired) electrons. The first-order chi connectivity index (χ1) is 9.30. The monoisotopic (exact) mass is 273 g/mol. The molecule has 5 nitrogen and oxygen atoms in total. The SMILES string of the molecule is CNCc1cc(C#N)cnc1B1OC(C)(C)C(C)(C)O1. The maximum atomic E-state index is 8.98. The Labute approximate surface area is 120 Å². The van der Waals surface area contributed by atoms with E-state index in [1.165, 1.54) is 0 Å². The third-order valence-electron chi connectivity index (χ3n) is 3.97. The molecule has 2 rings (SSSR count). The van der Waals surface area contributed by atoms with Crippen molar-refractivity contribution in [3.05, 3.63) is 23.4 Å². The van der Waals surface area contributed by atoms with Crippen LogP contribution < -0.4 is 10.9 Å². The van der Waals surface area contributed by atoms with E-state index in [4.69, 9.17) is 14.6 Å². The summed E-state index contributed by atoms with van der Waals surface area (Å²) in [4.78, 5) is 4.37. The summed E-state index contributed by atoms with van der Waals surface area (Å²) in [7, 11) is 1.35. The molecular formula is C14H20BN3O2. The minimum atomic E-state index is -0.504. The zero-order valence-corrected chi connectivity index (χ0v) is 12.7. The van der Waals surface area contributed by atoms with Crippen LogP contribution in [0.25, 0.3) is 0 Å². The fraction of sp³-hybridized carbons (Fsp3) is 0.571. The van der Waals surface area contributed by atoms with E-state index in [9.17, 15) is 0 Å². The molecule has 1 aliphatic rings. The van der Waals surface area contributed by atoms with Gasteiger partial charge in [0.2, 0.25) is 0 Å². The highest BCUT2D eigenvalue weighted by Crippen LogP contribution is 2.36. The smallest absolute Gasteiger partial charge is 0.398 e. The summed E-state index contributed by atoms with van der Waals surface area (Å²) >= 11 is 0. The fourth-order valence-electron chi connectivity index (χ4n) is 2.08. The number of pyridine rings is 1. The Morgan fingerprint density at radius 2 is 1.90 bits per heavy atom. The van der Waals surface area contributed by atoms with Crippen LogP contribution in [-0.2, 0) is 15.9 Å². The van der Waals surface area contributed by atoms with Gasteiger partial charge >= 0.3 is 7.12 Å². The van der Waals surface area contributed by atoms with Gasteiger partial charge in [0, 0.05) is 12.7 Å². The first kappa shape index (κ1) is 15.0. The molecule has 1 N–H and O–H groups in total. The van der Waals surface area contributed by atoms with E-state index < -0.39 is 18.3 Å². The van der Waals surface area contributed by atoms with E-state index in [0.29, 0.717) is 12.1 Å². The summed E-state index contributed by atoms with van der Waals surface area (Å²) in [5.41, 5.74) is 1.39. The first-order valence-corrected chi connectivity index (χ1v) is 6.70. The van der Waals surface area contributed by atoms with Crippen molar-refractivity contribution in [1.82, 2.24) is 10.3 Å². The van der Waals surface area contributed by atoms with Gasteiger partial charge in [0.15, 0.2) is 0 Å². The highest BCUT2D eigenvalue weighted by molar-refractivity contribution is 6.61. The Morgan fingerprint density at radius 3 is 2.40 bits per heavy atom. The summed E-state index contributed by atoms with van der Waals surface area (Å²) in [6.45, 7) is 8.65.